The first-order valence-electron chi connectivity index (χ1n) is 6.45. The van der Waals surface area contributed by atoms with Crippen LogP contribution in [0.2, 0.25) is 0 Å². The predicted molar refractivity (Wildman–Crippen MR) is 71.0 cm³/mol. The molecular weight excluding hydrogens is 216 g/mol. The topological polar surface area (TPSA) is 41.6 Å². The number of carbonyl (C=O) groups is 1. The molecule has 17 heavy (non-hydrogen) atoms. The highest BCUT2D eigenvalue weighted by Gasteiger charge is 2.23. The number of hydrogen-bond acceptors (Lipinski definition) is 3. The lowest BCUT2D eigenvalue weighted by molar-refractivity contribution is 0.0187. The van der Waals surface area contributed by atoms with Crippen LogP contribution in [0.25, 0.3) is 0 Å². The molecule has 0 rings (SSSR count). The van der Waals surface area contributed by atoms with E-state index in [9.17, 15) is 4.79 Å². The summed E-state index contributed by atoms with van der Waals surface area (Å²) < 4.78 is 5.34. The summed E-state index contributed by atoms with van der Waals surface area (Å²) in [4.78, 5) is 13.5. The minimum atomic E-state index is -0.437. The van der Waals surface area contributed by atoms with E-state index in [-0.39, 0.29) is 12.3 Å². The molecule has 0 aromatic carbocycles. The van der Waals surface area contributed by atoms with E-state index in [0.717, 1.165) is 12.8 Å². The fourth-order valence-electron chi connectivity index (χ4n) is 1.58. The zero-order valence-corrected chi connectivity index (χ0v) is 12.2. The van der Waals surface area contributed by atoms with Gasteiger partial charge in [0.05, 0.1) is 6.17 Å². The zero-order chi connectivity index (χ0) is 13.5. The molecule has 0 aromatic heterocycles. The van der Waals surface area contributed by atoms with Gasteiger partial charge in [-0.05, 0) is 34.2 Å². The van der Waals surface area contributed by atoms with Crippen molar-refractivity contribution >= 4 is 6.09 Å². The van der Waals surface area contributed by atoms with Crippen LogP contribution in [0.1, 0.15) is 53.4 Å². The van der Waals surface area contributed by atoms with E-state index in [4.69, 9.17) is 4.74 Å². The number of amides is 1. The molecule has 0 radical (unpaired) electrons. The summed E-state index contributed by atoms with van der Waals surface area (Å²) in [5.41, 5.74) is -0.437. The minimum Gasteiger partial charge on any atom is -0.444 e. The molecule has 0 aliphatic carbocycles. The third-order valence-electron chi connectivity index (χ3n) is 2.56. The van der Waals surface area contributed by atoms with E-state index in [1.165, 1.54) is 12.8 Å². The SMILES string of the molecule is CCCCCC(NC)N(C)C(=O)OC(C)(C)C. The van der Waals surface area contributed by atoms with Gasteiger partial charge in [0.15, 0.2) is 0 Å². The van der Waals surface area contributed by atoms with Gasteiger partial charge in [0.25, 0.3) is 0 Å². The fraction of sp³-hybridized carbons (Fsp3) is 0.923. The molecule has 0 saturated heterocycles. The summed E-state index contributed by atoms with van der Waals surface area (Å²) >= 11 is 0. The molecule has 1 unspecified atom stereocenters. The second-order valence-electron chi connectivity index (χ2n) is 5.39. The summed E-state index contributed by atoms with van der Waals surface area (Å²) in [6, 6.07) is 0. The molecule has 1 atom stereocenters. The summed E-state index contributed by atoms with van der Waals surface area (Å²) in [7, 11) is 3.65. The van der Waals surface area contributed by atoms with Crippen LogP contribution >= 0.6 is 0 Å². The Balaban J connectivity index is 4.22. The Morgan fingerprint density at radius 2 is 1.94 bits per heavy atom. The van der Waals surface area contributed by atoms with E-state index in [1.807, 2.05) is 27.8 Å². The second-order valence-corrected chi connectivity index (χ2v) is 5.39. The number of ether oxygens (including phenoxy) is 1. The average Bonchev–Trinajstić information content (AvgIpc) is 2.21. The predicted octanol–water partition coefficient (Wildman–Crippen LogP) is 2.98. The van der Waals surface area contributed by atoms with Gasteiger partial charge in [0, 0.05) is 7.05 Å². The van der Waals surface area contributed by atoms with E-state index in [2.05, 4.69) is 12.2 Å². The van der Waals surface area contributed by atoms with Crippen molar-refractivity contribution in [3.63, 3.8) is 0 Å². The van der Waals surface area contributed by atoms with Crippen molar-refractivity contribution in [2.75, 3.05) is 14.1 Å². The standard InChI is InChI=1S/C13H28N2O2/c1-7-8-9-10-11(14-5)15(6)12(16)17-13(2,3)4/h11,14H,7-10H2,1-6H3. The van der Waals surface area contributed by atoms with Gasteiger partial charge in [-0.1, -0.05) is 26.2 Å². The molecule has 0 spiro atoms. The Hall–Kier alpha value is -0.770. The van der Waals surface area contributed by atoms with Crippen molar-refractivity contribution < 1.29 is 9.53 Å². The highest BCUT2D eigenvalue weighted by molar-refractivity contribution is 5.68. The van der Waals surface area contributed by atoms with Crippen LogP contribution in [0, 0.1) is 0 Å². The number of nitrogens with one attached hydrogen (secondary N) is 1. The number of rotatable bonds is 6. The molecule has 0 bridgehead atoms. The van der Waals surface area contributed by atoms with E-state index >= 15 is 0 Å². The first-order chi connectivity index (χ1) is 7.81. The number of unbranched alkanes of at least 4 members (excludes halogenated alkanes) is 2. The molecule has 4 nitrogen and oxygen atoms in total. The van der Waals surface area contributed by atoms with Crippen LogP contribution in [0.3, 0.4) is 0 Å². The molecule has 0 saturated carbocycles. The molecule has 0 heterocycles. The van der Waals surface area contributed by atoms with Gasteiger partial charge in [-0.3, -0.25) is 4.90 Å². The zero-order valence-electron chi connectivity index (χ0n) is 12.2. The highest BCUT2D eigenvalue weighted by atomic mass is 16.6. The largest absolute Gasteiger partial charge is 0.444 e. The van der Waals surface area contributed by atoms with Crippen LogP contribution in [0.15, 0.2) is 0 Å². The van der Waals surface area contributed by atoms with Gasteiger partial charge in [-0.15, -0.1) is 0 Å². The Morgan fingerprint density at radius 1 is 1.35 bits per heavy atom. The smallest absolute Gasteiger partial charge is 0.411 e. The van der Waals surface area contributed by atoms with Gasteiger partial charge in [-0.2, -0.15) is 0 Å². The normalized spacial score (nSPS) is 13.3. The Labute approximate surface area is 106 Å². The van der Waals surface area contributed by atoms with E-state index in [0.29, 0.717) is 0 Å². The average molecular weight is 244 g/mol. The van der Waals surface area contributed by atoms with Crippen molar-refractivity contribution in [2.45, 2.75) is 65.1 Å². The molecule has 0 aliphatic rings. The number of hydrogen-bond donors (Lipinski definition) is 1. The maximum atomic E-state index is 11.9. The quantitative estimate of drug-likeness (QED) is 0.577. The summed E-state index contributed by atoms with van der Waals surface area (Å²) in [5.74, 6) is 0. The van der Waals surface area contributed by atoms with Gasteiger partial charge < -0.3 is 10.1 Å². The molecular formula is C13H28N2O2. The highest BCUT2D eigenvalue weighted by Crippen LogP contribution is 2.12. The maximum absolute atomic E-state index is 11.9. The van der Waals surface area contributed by atoms with Gasteiger partial charge in [0.1, 0.15) is 5.60 Å². The van der Waals surface area contributed by atoms with Gasteiger partial charge in [0.2, 0.25) is 0 Å². The Morgan fingerprint density at radius 3 is 2.35 bits per heavy atom. The lowest BCUT2D eigenvalue weighted by Crippen LogP contribution is -2.47. The Kier molecular flexibility index (Phi) is 7.19. The van der Waals surface area contributed by atoms with Crippen LogP contribution in [0.4, 0.5) is 4.79 Å². The first kappa shape index (κ1) is 16.2. The van der Waals surface area contributed by atoms with Crippen molar-refractivity contribution in [3.05, 3.63) is 0 Å². The second kappa shape index (κ2) is 7.54. The fourth-order valence-corrected chi connectivity index (χ4v) is 1.58. The minimum absolute atomic E-state index is 0.0522. The van der Waals surface area contributed by atoms with Crippen molar-refractivity contribution in [3.8, 4) is 0 Å². The van der Waals surface area contributed by atoms with Crippen molar-refractivity contribution in [1.29, 1.82) is 0 Å². The van der Waals surface area contributed by atoms with E-state index in [1.54, 1.807) is 11.9 Å². The molecule has 4 heteroatoms. The van der Waals surface area contributed by atoms with Crippen LogP contribution in [-0.2, 0) is 4.74 Å². The van der Waals surface area contributed by atoms with Gasteiger partial charge >= 0.3 is 6.09 Å². The lowest BCUT2D eigenvalue weighted by Gasteiger charge is -2.30. The molecule has 0 aliphatic heterocycles. The maximum Gasteiger partial charge on any atom is 0.411 e. The molecule has 0 fully saturated rings. The lowest BCUT2D eigenvalue weighted by atomic mass is 10.1. The van der Waals surface area contributed by atoms with Crippen molar-refractivity contribution in [2.24, 2.45) is 0 Å². The third kappa shape index (κ3) is 7.21. The summed E-state index contributed by atoms with van der Waals surface area (Å²) in [6.07, 6.45) is 4.24. The first-order valence-corrected chi connectivity index (χ1v) is 6.45. The Bertz CT molecular complexity index is 224. The summed E-state index contributed by atoms with van der Waals surface area (Å²) in [6.45, 7) is 7.81. The number of nitrogens with zero attached hydrogens (tertiary/aromatic N) is 1. The van der Waals surface area contributed by atoms with E-state index < -0.39 is 5.60 Å². The molecule has 0 aromatic rings. The van der Waals surface area contributed by atoms with Crippen molar-refractivity contribution in [1.82, 2.24) is 10.2 Å². The van der Waals surface area contributed by atoms with Gasteiger partial charge in [-0.25, -0.2) is 4.79 Å². The monoisotopic (exact) mass is 244 g/mol. The van der Waals surface area contributed by atoms with Crippen LogP contribution in [-0.4, -0.2) is 36.9 Å². The third-order valence-corrected chi connectivity index (χ3v) is 2.56. The summed E-state index contributed by atoms with van der Waals surface area (Å²) in [5, 5.41) is 3.15. The molecule has 1 N–H and O–H groups in total. The number of carbonyl (C=O) groups excluding carboxylic acids is 1. The van der Waals surface area contributed by atoms with Crippen LogP contribution in [0.5, 0.6) is 0 Å². The molecule has 102 valence electrons. The molecule has 1 amide bonds. The van der Waals surface area contributed by atoms with Crippen LogP contribution < -0.4 is 5.32 Å².